The Labute approximate surface area is 204 Å². The zero-order valence-corrected chi connectivity index (χ0v) is 19.3. The van der Waals surface area contributed by atoms with Gasteiger partial charge in [0.05, 0.1) is 28.3 Å². The van der Waals surface area contributed by atoms with Gasteiger partial charge in [-0.05, 0) is 12.1 Å². The highest BCUT2D eigenvalue weighted by atomic mass is 35.5. The number of hydrogen-bond donors (Lipinski definition) is 0. The van der Waals surface area contributed by atoms with E-state index in [0.717, 1.165) is 28.9 Å². The highest BCUT2D eigenvalue weighted by molar-refractivity contribution is 6.33. The van der Waals surface area contributed by atoms with Crippen LogP contribution in [0.25, 0.3) is 22.0 Å². The lowest BCUT2D eigenvalue weighted by atomic mass is 10.1. The van der Waals surface area contributed by atoms with Gasteiger partial charge in [-0.3, -0.25) is 9.69 Å². The summed E-state index contributed by atoms with van der Waals surface area (Å²) in [5, 5.41) is 6.06. The van der Waals surface area contributed by atoms with E-state index in [9.17, 15) is 18.0 Å². The summed E-state index contributed by atoms with van der Waals surface area (Å²) in [5.74, 6) is 0.326. The molecule has 0 amide bonds. The van der Waals surface area contributed by atoms with E-state index in [-0.39, 0.29) is 10.6 Å². The van der Waals surface area contributed by atoms with Crippen LogP contribution in [0.3, 0.4) is 0 Å². The molecule has 0 radical (unpaired) electrons. The molecule has 0 saturated carbocycles. The number of halogens is 4. The Balaban J connectivity index is 1.36. The van der Waals surface area contributed by atoms with Gasteiger partial charge >= 0.3 is 6.18 Å². The summed E-state index contributed by atoms with van der Waals surface area (Å²) < 4.78 is 40.2. The lowest BCUT2D eigenvalue weighted by Gasteiger charge is -2.35. The van der Waals surface area contributed by atoms with Crippen molar-refractivity contribution in [3.05, 3.63) is 87.8 Å². The van der Waals surface area contributed by atoms with E-state index < -0.39 is 11.7 Å². The van der Waals surface area contributed by atoms with Crippen molar-refractivity contribution in [2.75, 3.05) is 31.1 Å². The zero-order valence-electron chi connectivity index (χ0n) is 18.5. The van der Waals surface area contributed by atoms with Gasteiger partial charge in [-0.1, -0.05) is 60.1 Å². The maximum atomic E-state index is 13.2. The molecule has 1 saturated heterocycles. The first-order valence-corrected chi connectivity index (χ1v) is 11.4. The Morgan fingerprint density at radius 1 is 0.914 bits per heavy atom. The van der Waals surface area contributed by atoms with E-state index in [4.69, 9.17) is 16.7 Å². The molecule has 4 aromatic rings. The topological polar surface area (TPSA) is 54.3 Å². The molecule has 1 fully saturated rings. The second kappa shape index (κ2) is 9.31. The molecule has 5 rings (SSSR count). The predicted octanol–water partition coefficient (Wildman–Crippen LogP) is 4.91. The molecule has 1 aliphatic heterocycles. The maximum Gasteiger partial charge on any atom is 0.417 e. The Hall–Kier alpha value is -3.43. The van der Waals surface area contributed by atoms with E-state index in [0.29, 0.717) is 44.1 Å². The third kappa shape index (κ3) is 4.74. The van der Waals surface area contributed by atoms with Crippen LogP contribution in [0.15, 0.2) is 71.7 Å². The van der Waals surface area contributed by atoms with Crippen molar-refractivity contribution >= 4 is 28.2 Å². The summed E-state index contributed by atoms with van der Waals surface area (Å²) in [4.78, 5) is 21.1. The number of benzene rings is 2. The molecule has 10 heteroatoms. The molecule has 35 heavy (non-hydrogen) atoms. The van der Waals surface area contributed by atoms with Crippen LogP contribution in [0.2, 0.25) is 5.02 Å². The van der Waals surface area contributed by atoms with E-state index in [2.05, 4.69) is 9.88 Å². The van der Waals surface area contributed by atoms with Crippen LogP contribution < -0.4 is 10.5 Å². The standard InChI is InChI=1S/C25H21ClF3N5O/c26-21-14-18(25(27,28)29)15-30-23(21)33-12-10-32(11-13-33)16-34-24(35)20-9-5-4-8-19(20)22(31-34)17-6-2-1-3-7-17/h1-9,14-15H,10-13,16H2. The van der Waals surface area contributed by atoms with Gasteiger partial charge < -0.3 is 4.90 Å². The number of alkyl halides is 3. The summed E-state index contributed by atoms with van der Waals surface area (Å²) in [6.07, 6.45) is -3.69. The quantitative estimate of drug-likeness (QED) is 0.399. The van der Waals surface area contributed by atoms with Gasteiger partial charge in [0.15, 0.2) is 0 Å². The van der Waals surface area contributed by atoms with Crippen molar-refractivity contribution in [1.82, 2.24) is 19.7 Å². The summed E-state index contributed by atoms with van der Waals surface area (Å²) >= 11 is 6.11. The summed E-state index contributed by atoms with van der Waals surface area (Å²) in [5.41, 5.74) is 0.612. The lowest BCUT2D eigenvalue weighted by molar-refractivity contribution is -0.137. The van der Waals surface area contributed by atoms with Crippen molar-refractivity contribution in [3.63, 3.8) is 0 Å². The van der Waals surface area contributed by atoms with Crippen LogP contribution in [-0.2, 0) is 12.8 Å². The molecule has 0 spiro atoms. The Kier molecular flexibility index (Phi) is 6.21. The minimum atomic E-state index is -4.49. The molecule has 0 atom stereocenters. The van der Waals surface area contributed by atoms with Gasteiger partial charge in [0.25, 0.3) is 5.56 Å². The Morgan fingerprint density at radius 3 is 2.23 bits per heavy atom. The van der Waals surface area contributed by atoms with Gasteiger partial charge in [0, 0.05) is 43.3 Å². The molecule has 3 heterocycles. The maximum absolute atomic E-state index is 13.2. The van der Waals surface area contributed by atoms with Gasteiger partial charge in [-0.25, -0.2) is 9.67 Å². The second-order valence-corrected chi connectivity index (χ2v) is 8.75. The largest absolute Gasteiger partial charge is 0.417 e. The zero-order chi connectivity index (χ0) is 24.6. The highest BCUT2D eigenvalue weighted by Gasteiger charge is 2.32. The average Bonchev–Trinajstić information content (AvgIpc) is 2.86. The minimum absolute atomic E-state index is 0.0341. The summed E-state index contributed by atoms with van der Waals surface area (Å²) in [7, 11) is 0. The first-order valence-electron chi connectivity index (χ1n) is 11.1. The van der Waals surface area contributed by atoms with Crippen molar-refractivity contribution in [2.45, 2.75) is 12.8 Å². The number of piperazine rings is 1. The number of aromatic nitrogens is 3. The van der Waals surface area contributed by atoms with Crippen molar-refractivity contribution in [1.29, 1.82) is 0 Å². The van der Waals surface area contributed by atoms with Crippen LogP contribution in [0.5, 0.6) is 0 Å². The number of hydrogen-bond acceptors (Lipinski definition) is 5. The first kappa shape index (κ1) is 23.3. The lowest BCUT2D eigenvalue weighted by Crippen LogP contribution is -2.48. The Bertz CT molecular complexity index is 1420. The van der Waals surface area contributed by atoms with E-state index in [1.54, 1.807) is 6.07 Å². The molecule has 0 N–H and O–H groups in total. The van der Waals surface area contributed by atoms with E-state index >= 15 is 0 Å². The number of fused-ring (bicyclic) bond motifs is 1. The molecular formula is C25H21ClF3N5O. The molecule has 180 valence electrons. The Morgan fingerprint density at radius 2 is 1.57 bits per heavy atom. The van der Waals surface area contributed by atoms with Crippen LogP contribution >= 0.6 is 11.6 Å². The monoisotopic (exact) mass is 499 g/mol. The number of pyridine rings is 1. The predicted molar refractivity (Wildman–Crippen MR) is 129 cm³/mol. The van der Waals surface area contributed by atoms with Gasteiger partial charge in [-0.2, -0.15) is 18.3 Å². The molecule has 2 aromatic carbocycles. The smallest absolute Gasteiger partial charge is 0.353 e. The molecule has 6 nitrogen and oxygen atoms in total. The third-order valence-electron chi connectivity index (χ3n) is 6.07. The SMILES string of the molecule is O=c1c2ccccc2c(-c2ccccc2)nn1CN1CCN(c2ncc(C(F)(F)F)cc2Cl)CC1. The fourth-order valence-electron chi connectivity index (χ4n) is 4.25. The molecule has 0 unspecified atom stereocenters. The van der Waals surface area contributed by atoms with Crippen molar-refractivity contribution in [2.24, 2.45) is 0 Å². The van der Waals surface area contributed by atoms with Crippen LogP contribution in [0, 0.1) is 0 Å². The molecule has 1 aliphatic rings. The van der Waals surface area contributed by atoms with Crippen LogP contribution in [0.4, 0.5) is 19.0 Å². The normalized spacial score (nSPS) is 15.0. The van der Waals surface area contributed by atoms with Gasteiger partial charge in [0.1, 0.15) is 5.82 Å². The second-order valence-electron chi connectivity index (χ2n) is 8.34. The first-order chi connectivity index (χ1) is 16.8. The van der Waals surface area contributed by atoms with Gasteiger partial charge in [0.2, 0.25) is 0 Å². The molecule has 0 bridgehead atoms. The number of anilines is 1. The van der Waals surface area contributed by atoms with Gasteiger partial charge in [-0.15, -0.1) is 0 Å². The number of nitrogens with zero attached hydrogens (tertiary/aromatic N) is 5. The summed E-state index contributed by atoms with van der Waals surface area (Å²) in [6.45, 7) is 2.45. The van der Waals surface area contributed by atoms with E-state index in [1.165, 1.54) is 4.68 Å². The van der Waals surface area contributed by atoms with E-state index in [1.807, 2.05) is 53.4 Å². The van der Waals surface area contributed by atoms with Crippen molar-refractivity contribution in [3.8, 4) is 11.3 Å². The highest BCUT2D eigenvalue weighted by Crippen LogP contribution is 2.33. The molecule has 2 aromatic heterocycles. The molecule has 0 aliphatic carbocycles. The fourth-order valence-corrected chi connectivity index (χ4v) is 4.54. The molecular weight excluding hydrogens is 479 g/mol. The fraction of sp³-hybridized carbons (Fsp3) is 0.240. The van der Waals surface area contributed by atoms with Crippen LogP contribution in [0.1, 0.15) is 5.56 Å². The summed E-state index contributed by atoms with van der Waals surface area (Å²) in [6, 6.07) is 18.0. The minimum Gasteiger partial charge on any atom is -0.353 e. The number of rotatable bonds is 4. The van der Waals surface area contributed by atoms with Crippen molar-refractivity contribution < 1.29 is 13.2 Å². The average molecular weight is 500 g/mol. The van der Waals surface area contributed by atoms with Crippen LogP contribution in [-0.4, -0.2) is 45.8 Å². The third-order valence-corrected chi connectivity index (χ3v) is 6.35.